The molecule has 0 N–H and O–H groups in total. The van der Waals surface area contributed by atoms with E-state index in [9.17, 15) is 9.59 Å². The van der Waals surface area contributed by atoms with Gasteiger partial charge < -0.3 is 4.90 Å². The molecule has 0 atom stereocenters. The Balaban J connectivity index is 1.87. The van der Waals surface area contributed by atoms with E-state index in [1.165, 1.54) is 4.88 Å². The second kappa shape index (κ2) is 4.90. The molecule has 19 heavy (non-hydrogen) atoms. The first-order valence-corrected chi connectivity index (χ1v) is 7.52. The van der Waals surface area contributed by atoms with Crippen molar-refractivity contribution in [2.24, 2.45) is 0 Å². The lowest BCUT2D eigenvalue weighted by Crippen LogP contribution is -2.31. The van der Waals surface area contributed by atoms with Crippen LogP contribution < -0.4 is 4.90 Å². The molecule has 2 aromatic rings. The van der Waals surface area contributed by atoms with Crippen molar-refractivity contribution in [1.29, 1.82) is 0 Å². The van der Waals surface area contributed by atoms with Gasteiger partial charge in [-0.3, -0.25) is 9.59 Å². The number of carbonyl (C=O) groups excluding carboxylic acids is 2. The quantitative estimate of drug-likeness (QED) is 0.807. The number of Topliss-reactive ketones (excluding diaryl/α,β-unsaturated/α-hetero) is 1. The highest BCUT2D eigenvalue weighted by Crippen LogP contribution is 2.31. The minimum absolute atomic E-state index is 0.414. The predicted molar refractivity (Wildman–Crippen MR) is 78.8 cm³/mol. The summed E-state index contributed by atoms with van der Waals surface area (Å²) in [4.78, 5) is 26.7. The van der Waals surface area contributed by atoms with Crippen molar-refractivity contribution in [1.82, 2.24) is 0 Å². The van der Waals surface area contributed by atoms with Gasteiger partial charge in [-0.2, -0.15) is 0 Å². The number of thiophene rings is 1. The number of ketones is 1. The van der Waals surface area contributed by atoms with Crippen molar-refractivity contribution in [3.8, 4) is 0 Å². The highest BCUT2D eigenvalue weighted by Gasteiger charge is 2.35. The molecule has 1 aromatic carbocycles. The van der Waals surface area contributed by atoms with Crippen molar-refractivity contribution in [2.45, 2.75) is 6.42 Å². The van der Waals surface area contributed by atoms with Crippen LogP contribution in [0.3, 0.4) is 0 Å². The highest BCUT2D eigenvalue weighted by molar-refractivity contribution is 9.10. The van der Waals surface area contributed by atoms with E-state index in [0.29, 0.717) is 12.1 Å². The zero-order chi connectivity index (χ0) is 13.4. The predicted octanol–water partition coefficient (Wildman–Crippen LogP) is 3.28. The van der Waals surface area contributed by atoms with E-state index in [1.807, 2.05) is 29.6 Å². The van der Waals surface area contributed by atoms with Gasteiger partial charge in [0.1, 0.15) is 0 Å². The summed E-state index contributed by atoms with van der Waals surface area (Å²) in [6.45, 7) is 0.541. The molecular formula is C14H10BrNO2S. The standard InChI is InChI=1S/C14H10BrNO2S/c15-9-3-4-12-11(8-9)13(17)14(18)16(12)6-5-10-2-1-7-19-10/h1-4,7-8H,5-6H2. The van der Waals surface area contributed by atoms with E-state index < -0.39 is 11.7 Å². The van der Waals surface area contributed by atoms with E-state index in [4.69, 9.17) is 0 Å². The van der Waals surface area contributed by atoms with Crippen LogP contribution in [0.4, 0.5) is 5.69 Å². The van der Waals surface area contributed by atoms with E-state index in [2.05, 4.69) is 15.9 Å². The summed E-state index contributed by atoms with van der Waals surface area (Å²) in [6, 6.07) is 9.40. The number of halogens is 1. The molecular weight excluding hydrogens is 326 g/mol. The molecule has 0 unspecified atom stereocenters. The Morgan fingerprint density at radius 1 is 1.21 bits per heavy atom. The second-order valence-corrected chi connectivity index (χ2v) is 6.22. The maximum atomic E-state index is 12.0. The first-order chi connectivity index (χ1) is 9.16. The number of anilines is 1. The van der Waals surface area contributed by atoms with Gasteiger partial charge in [-0.15, -0.1) is 11.3 Å². The van der Waals surface area contributed by atoms with E-state index in [-0.39, 0.29) is 0 Å². The van der Waals surface area contributed by atoms with Crippen molar-refractivity contribution >= 4 is 44.6 Å². The Hall–Kier alpha value is -1.46. The molecule has 0 spiro atoms. The van der Waals surface area contributed by atoms with Crippen LogP contribution in [0, 0.1) is 0 Å². The number of carbonyl (C=O) groups is 2. The topological polar surface area (TPSA) is 37.4 Å². The third kappa shape index (κ3) is 2.24. The van der Waals surface area contributed by atoms with Crippen LogP contribution in [0.2, 0.25) is 0 Å². The lowest BCUT2D eigenvalue weighted by atomic mass is 10.1. The number of nitrogens with zero attached hydrogens (tertiary/aromatic N) is 1. The van der Waals surface area contributed by atoms with Crippen molar-refractivity contribution < 1.29 is 9.59 Å². The molecule has 0 aliphatic carbocycles. The average molecular weight is 336 g/mol. The fourth-order valence-corrected chi connectivity index (χ4v) is 3.23. The third-order valence-corrected chi connectivity index (χ3v) is 4.52. The minimum atomic E-state index is -0.426. The SMILES string of the molecule is O=C1C(=O)N(CCc2cccs2)c2ccc(Br)cc21. The molecule has 2 heterocycles. The number of hydrogen-bond acceptors (Lipinski definition) is 3. The molecule has 0 saturated carbocycles. The maximum Gasteiger partial charge on any atom is 0.299 e. The van der Waals surface area contributed by atoms with Crippen LogP contribution in [0.15, 0.2) is 40.2 Å². The molecule has 3 rings (SSSR count). The molecule has 96 valence electrons. The zero-order valence-corrected chi connectivity index (χ0v) is 12.3. The zero-order valence-electron chi connectivity index (χ0n) is 9.93. The fourth-order valence-electron chi connectivity index (χ4n) is 2.17. The van der Waals surface area contributed by atoms with E-state index >= 15 is 0 Å². The maximum absolute atomic E-state index is 12.0. The van der Waals surface area contributed by atoms with Crippen molar-refractivity contribution in [3.05, 3.63) is 50.6 Å². The van der Waals surface area contributed by atoms with Gasteiger partial charge in [-0.1, -0.05) is 22.0 Å². The fraction of sp³-hybridized carbons (Fsp3) is 0.143. The van der Waals surface area contributed by atoms with Gasteiger partial charge in [0.05, 0.1) is 11.3 Å². The van der Waals surface area contributed by atoms with Gasteiger partial charge in [-0.25, -0.2) is 0 Å². The van der Waals surface area contributed by atoms with Crippen LogP contribution in [-0.2, 0) is 11.2 Å². The minimum Gasteiger partial charge on any atom is -0.304 e. The lowest BCUT2D eigenvalue weighted by Gasteiger charge is -2.15. The molecule has 1 aromatic heterocycles. The summed E-state index contributed by atoms with van der Waals surface area (Å²) in [5, 5.41) is 2.01. The summed E-state index contributed by atoms with van der Waals surface area (Å²) in [7, 11) is 0. The first-order valence-electron chi connectivity index (χ1n) is 5.85. The molecule has 1 aliphatic rings. The number of rotatable bonds is 3. The average Bonchev–Trinajstić information content (AvgIpc) is 2.98. The smallest absolute Gasteiger partial charge is 0.299 e. The molecule has 0 radical (unpaired) electrons. The van der Waals surface area contributed by atoms with Gasteiger partial charge in [0.25, 0.3) is 11.7 Å². The van der Waals surface area contributed by atoms with Gasteiger partial charge >= 0.3 is 0 Å². The Morgan fingerprint density at radius 3 is 2.79 bits per heavy atom. The second-order valence-electron chi connectivity index (χ2n) is 4.28. The lowest BCUT2D eigenvalue weighted by molar-refractivity contribution is -0.114. The van der Waals surface area contributed by atoms with Gasteiger partial charge in [0.15, 0.2) is 0 Å². The number of benzene rings is 1. The Kier molecular flexibility index (Phi) is 3.24. The molecule has 0 saturated heterocycles. The number of hydrogen-bond donors (Lipinski definition) is 0. The van der Waals surface area contributed by atoms with E-state index in [1.54, 1.807) is 22.3 Å². The number of fused-ring (bicyclic) bond motifs is 1. The van der Waals surface area contributed by atoms with Crippen LogP contribution in [0.1, 0.15) is 15.2 Å². The monoisotopic (exact) mass is 335 g/mol. The number of amides is 1. The Morgan fingerprint density at radius 2 is 2.05 bits per heavy atom. The van der Waals surface area contributed by atoms with Crippen LogP contribution in [0.25, 0.3) is 0 Å². The molecule has 1 amide bonds. The largest absolute Gasteiger partial charge is 0.304 e. The van der Waals surface area contributed by atoms with E-state index in [0.717, 1.165) is 16.6 Å². The van der Waals surface area contributed by atoms with Crippen LogP contribution in [-0.4, -0.2) is 18.2 Å². The summed E-state index contributed by atoms with van der Waals surface area (Å²) in [5.74, 6) is -0.841. The summed E-state index contributed by atoms with van der Waals surface area (Å²) in [5.41, 5.74) is 1.21. The van der Waals surface area contributed by atoms with Crippen molar-refractivity contribution in [3.63, 3.8) is 0 Å². The summed E-state index contributed by atoms with van der Waals surface area (Å²) < 4.78 is 0.813. The molecule has 0 bridgehead atoms. The first kappa shape index (κ1) is 12.6. The summed E-state index contributed by atoms with van der Waals surface area (Å²) in [6.07, 6.45) is 0.770. The van der Waals surface area contributed by atoms with Gasteiger partial charge in [0, 0.05) is 15.9 Å². The normalized spacial score (nSPS) is 14.1. The molecule has 0 fully saturated rings. The molecule has 5 heteroatoms. The van der Waals surface area contributed by atoms with Crippen LogP contribution >= 0.6 is 27.3 Å². The molecule has 1 aliphatic heterocycles. The van der Waals surface area contributed by atoms with Crippen molar-refractivity contribution in [2.75, 3.05) is 11.4 Å². The van der Waals surface area contributed by atoms with Gasteiger partial charge in [-0.05, 0) is 36.1 Å². The summed E-state index contributed by atoms with van der Waals surface area (Å²) >= 11 is 4.98. The van der Waals surface area contributed by atoms with Gasteiger partial charge in [0.2, 0.25) is 0 Å². The molecule has 3 nitrogen and oxygen atoms in total. The Labute approximate surface area is 123 Å². The third-order valence-electron chi connectivity index (χ3n) is 3.10. The Bertz CT molecular complexity index is 651. The highest BCUT2D eigenvalue weighted by atomic mass is 79.9. The van der Waals surface area contributed by atoms with Crippen LogP contribution in [0.5, 0.6) is 0 Å².